The van der Waals surface area contributed by atoms with Crippen molar-refractivity contribution in [2.24, 2.45) is 0 Å². The van der Waals surface area contributed by atoms with Gasteiger partial charge in [0, 0.05) is 5.69 Å². The zero-order chi connectivity index (χ0) is 13.0. The molecule has 3 N–H and O–H groups in total. The molecule has 3 nitrogen and oxygen atoms in total. The summed E-state index contributed by atoms with van der Waals surface area (Å²) in [5.41, 5.74) is 6.19. The number of benzene rings is 1. The Labute approximate surface area is 100 Å². The highest BCUT2D eigenvalue weighted by Gasteiger charge is 2.16. The highest BCUT2D eigenvalue weighted by Crippen LogP contribution is 2.17. The second-order valence-corrected chi connectivity index (χ2v) is 3.80. The minimum absolute atomic E-state index is 0.0730. The minimum Gasteiger partial charge on any atom is -0.399 e. The maximum absolute atomic E-state index is 13.7. The van der Waals surface area contributed by atoms with Crippen molar-refractivity contribution >= 4 is 11.6 Å². The summed E-state index contributed by atoms with van der Waals surface area (Å²) in [5.74, 6) is 1.31. The van der Waals surface area contributed by atoms with Crippen LogP contribution in [0.2, 0.25) is 0 Å². The summed E-state index contributed by atoms with van der Waals surface area (Å²) in [6, 6.07) is 2.38. The van der Waals surface area contributed by atoms with E-state index in [4.69, 9.17) is 12.2 Å². The standard InChI is InChI=1S/C13H15FN2O/c1-4-10(5-2)16-13(17)11-7-9(15)6-8(3)12(11)14/h1,6-7,10H,5,15H2,2-3H3,(H,16,17). The number of nitrogen functional groups attached to an aromatic ring is 1. The van der Waals surface area contributed by atoms with Crippen molar-refractivity contribution in [3.05, 3.63) is 29.1 Å². The number of amides is 1. The SMILES string of the molecule is C#CC(CC)NC(=O)c1cc(N)cc(C)c1F. The first-order valence-corrected chi connectivity index (χ1v) is 5.32. The quantitative estimate of drug-likeness (QED) is 0.619. The van der Waals surface area contributed by atoms with Crippen LogP contribution in [0.5, 0.6) is 0 Å². The molecule has 0 spiro atoms. The lowest BCUT2D eigenvalue weighted by Gasteiger charge is -2.12. The summed E-state index contributed by atoms with van der Waals surface area (Å²) in [6.07, 6.45) is 5.81. The van der Waals surface area contributed by atoms with Crippen molar-refractivity contribution in [2.75, 3.05) is 5.73 Å². The van der Waals surface area contributed by atoms with Crippen LogP contribution in [0.15, 0.2) is 12.1 Å². The molecule has 0 aliphatic rings. The molecular weight excluding hydrogens is 219 g/mol. The van der Waals surface area contributed by atoms with Gasteiger partial charge < -0.3 is 11.1 Å². The van der Waals surface area contributed by atoms with Gasteiger partial charge >= 0.3 is 0 Å². The van der Waals surface area contributed by atoms with Crippen LogP contribution in [0.3, 0.4) is 0 Å². The van der Waals surface area contributed by atoms with Crippen LogP contribution in [-0.4, -0.2) is 11.9 Å². The lowest BCUT2D eigenvalue weighted by atomic mass is 10.1. The van der Waals surface area contributed by atoms with E-state index in [2.05, 4.69) is 11.2 Å². The Morgan fingerprint density at radius 1 is 1.65 bits per heavy atom. The summed E-state index contributed by atoms with van der Waals surface area (Å²) < 4.78 is 13.7. The summed E-state index contributed by atoms with van der Waals surface area (Å²) in [5, 5.41) is 2.56. The van der Waals surface area contributed by atoms with Gasteiger partial charge in [-0.2, -0.15) is 0 Å². The molecule has 4 heteroatoms. The fourth-order valence-corrected chi connectivity index (χ4v) is 1.46. The molecule has 1 atom stereocenters. The Kier molecular flexibility index (Phi) is 4.11. The van der Waals surface area contributed by atoms with Gasteiger partial charge in [0.15, 0.2) is 0 Å². The lowest BCUT2D eigenvalue weighted by Crippen LogP contribution is -2.33. The zero-order valence-corrected chi connectivity index (χ0v) is 9.88. The molecule has 0 saturated heterocycles. The van der Waals surface area contributed by atoms with Crippen LogP contribution in [0.25, 0.3) is 0 Å². The number of halogens is 1. The number of rotatable bonds is 3. The summed E-state index contributed by atoms with van der Waals surface area (Å²) in [4.78, 5) is 11.8. The zero-order valence-electron chi connectivity index (χ0n) is 9.88. The molecule has 0 aliphatic carbocycles. The normalized spacial score (nSPS) is 11.6. The van der Waals surface area contributed by atoms with E-state index in [1.54, 1.807) is 6.92 Å². The molecule has 1 aromatic carbocycles. The molecule has 17 heavy (non-hydrogen) atoms. The fraction of sp³-hybridized carbons (Fsp3) is 0.308. The van der Waals surface area contributed by atoms with E-state index in [0.29, 0.717) is 17.7 Å². The van der Waals surface area contributed by atoms with Crippen molar-refractivity contribution in [1.29, 1.82) is 0 Å². The summed E-state index contributed by atoms with van der Waals surface area (Å²) in [6.45, 7) is 3.40. The largest absolute Gasteiger partial charge is 0.399 e. The Morgan fingerprint density at radius 2 is 2.29 bits per heavy atom. The molecule has 0 radical (unpaired) electrons. The van der Waals surface area contributed by atoms with Crippen molar-refractivity contribution in [2.45, 2.75) is 26.3 Å². The first kappa shape index (κ1) is 13.0. The molecule has 1 amide bonds. The molecule has 1 aromatic rings. The van der Waals surface area contributed by atoms with Crippen LogP contribution < -0.4 is 11.1 Å². The maximum Gasteiger partial charge on any atom is 0.255 e. The smallest absolute Gasteiger partial charge is 0.255 e. The number of nitrogens with one attached hydrogen (secondary N) is 1. The van der Waals surface area contributed by atoms with Crippen molar-refractivity contribution < 1.29 is 9.18 Å². The van der Waals surface area contributed by atoms with E-state index in [-0.39, 0.29) is 5.56 Å². The predicted molar refractivity (Wildman–Crippen MR) is 65.9 cm³/mol. The molecule has 0 aliphatic heterocycles. The number of aryl methyl sites for hydroxylation is 1. The third-order valence-corrected chi connectivity index (χ3v) is 2.44. The predicted octanol–water partition coefficient (Wildman–Crippen LogP) is 1.86. The van der Waals surface area contributed by atoms with E-state index < -0.39 is 17.8 Å². The van der Waals surface area contributed by atoms with Crippen molar-refractivity contribution in [1.82, 2.24) is 5.32 Å². The van der Waals surface area contributed by atoms with Crippen LogP contribution in [-0.2, 0) is 0 Å². The van der Waals surface area contributed by atoms with Gasteiger partial charge in [0.25, 0.3) is 5.91 Å². The molecule has 0 heterocycles. The average Bonchev–Trinajstić information content (AvgIpc) is 2.30. The molecule has 0 saturated carbocycles. The highest BCUT2D eigenvalue weighted by atomic mass is 19.1. The third-order valence-electron chi connectivity index (χ3n) is 2.44. The first-order valence-electron chi connectivity index (χ1n) is 5.32. The molecule has 1 rings (SSSR count). The van der Waals surface area contributed by atoms with Gasteiger partial charge in [-0.25, -0.2) is 4.39 Å². The van der Waals surface area contributed by atoms with Crippen LogP contribution >= 0.6 is 0 Å². The topological polar surface area (TPSA) is 55.1 Å². The number of hydrogen-bond acceptors (Lipinski definition) is 2. The monoisotopic (exact) mass is 234 g/mol. The molecule has 90 valence electrons. The summed E-state index contributed by atoms with van der Waals surface area (Å²) >= 11 is 0. The van der Waals surface area contributed by atoms with Crippen LogP contribution in [0, 0.1) is 25.1 Å². The van der Waals surface area contributed by atoms with Crippen molar-refractivity contribution in [3.63, 3.8) is 0 Å². The number of carbonyl (C=O) groups excluding carboxylic acids is 1. The number of hydrogen-bond donors (Lipinski definition) is 2. The van der Waals surface area contributed by atoms with Crippen LogP contribution in [0.4, 0.5) is 10.1 Å². The Balaban J connectivity index is 3.01. The van der Waals surface area contributed by atoms with Crippen LogP contribution in [0.1, 0.15) is 29.3 Å². The van der Waals surface area contributed by atoms with E-state index >= 15 is 0 Å². The van der Waals surface area contributed by atoms with Gasteiger partial charge in [-0.15, -0.1) is 6.42 Å². The van der Waals surface area contributed by atoms with Gasteiger partial charge in [-0.1, -0.05) is 12.8 Å². The van der Waals surface area contributed by atoms with Gasteiger partial charge in [0.05, 0.1) is 11.6 Å². The minimum atomic E-state index is -0.566. The summed E-state index contributed by atoms with van der Waals surface area (Å²) in [7, 11) is 0. The average molecular weight is 234 g/mol. The molecule has 0 fully saturated rings. The molecule has 0 bridgehead atoms. The fourth-order valence-electron chi connectivity index (χ4n) is 1.46. The Bertz CT molecular complexity index is 477. The highest BCUT2D eigenvalue weighted by molar-refractivity contribution is 5.96. The van der Waals surface area contributed by atoms with Gasteiger partial charge in [0.1, 0.15) is 5.82 Å². The number of carbonyl (C=O) groups is 1. The van der Waals surface area contributed by atoms with E-state index in [1.807, 2.05) is 6.92 Å². The Hall–Kier alpha value is -2.02. The Morgan fingerprint density at radius 3 is 2.82 bits per heavy atom. The lowest BCUT2D eigenvalue weighted by molar-refractivity contribution is 0.0941. The van der Waals surface area contributed by atoms with E-state index in [1.165, 1.54) is 12.1 Å². The van der Waals surface area contributed by atoms with Gasteiger partial charge in [0.2, 0.25) is 0 Å². The van der Waals surface area contributed by atoms with Gasteiger partial charge in [-0.3, -0.25) is 4.79 Å². The van der Waals surface area contributed by atoms with Crippen molar-refractivity contribution in [3.8, 4) is 12.3 Å². The second-order valence-electron chi connectivity index (χ2n) is 3.80. The number of anilines is 1. The molecule has 1 unspecified atom stereocenters. The second kappa shape index (κ2) is 5.35. The first-order chi connectivity index (χ1) is 7.99. The molecule has 0 aromatic heterocycles. The van der Waals surface area contributed by atoms with E-state index in [0.717, 1.165) is 0 Å². The molecular formula is C13H15FN2O. The van der Waals surface area contributed by atoms with E-state index in [9.17, 15) is 9.18 Å². The third kappa shape index (κ3) is 2.97. The number of terminal acetylenes is 1. The van der Waals surface area contributed by atoms with Gasteiger partial charge in [-0.05, 0) is 31.0 Å². The maximum atomic E-state index is 13.7. The number of nitrogens with two attached hydrogens (primary N) is 1.